The highest BCUT2D eigenvalue weighted by molar-refractivity contribution is 7.99. The van der Waals surface area contributed by atoms with Gasteiger partial charge in [0.25, 0.3) is 5.88 Å². The largest absolute Gasteiger partial charge is 0.573 e. The molecule has 1 N–H and O–H groups in total. The van der Waals surface area contributed by atoms with Gasteiger partial charge in [-0.05, 0) is 37.3 Å². The van der Waals surface area contributed by atoms with Gasteiger partial charge in [0.15, 0.2) is 16.7 Å². The second-order valence-corrected chi connectivity index (χ2v) is 7.30. The summed E-state index contributed by atoms with van der Waals surface area (Å²) in [6.07, 6.45) is -3.19. The van der Waals surface area contributed by atoms with Gasteiger partial charge in [0.2, 0.25) is 12.7 Å². The van der Waals surface area contributed by atoms with Gasteiger partial charge in [-0.1, -0.05) is 11.8 Å². The molecule has 1 amide bonds. The summed E-state index contributed by atoms with van der Waals surface area (Å²) < 4.78 is 53.1. The number of rotatable bonds is 7. The molecule has 0 saturated carbocycles. The lowest BCUT2D eigenvalue weighted by atomic mass is 10.2. The number of aromatic nitrogens is 4. The molecule has 0 radical (unpaired) electrons. The van der Waals surface area contributed by atoms with Crippen molar-refractivity contribution < 1.29 is 32.2 Å². The molecule has 1 aromatic carbocycles. The number of anilines is 1. The smallest absolute Gasteiger partial charge is 0.451 e. The van der Waals surface area contributed by atoms with Crippen LogP contribution in [-0.2, 0) is 11.3 Å². The molecule has 9 nitrogen and oxygen atoms in total. The van der Waals surface area contributed by atoms with E-state index in [1.807, 2.05) is 11.5 Å². The number of carbonyl (C=O) groups excluding carboxylic acids is 1. The van der Waals surface area contributed by atoms with Crippen LogP contribution in [0.4, 0.5) is 18.9 Å². The number of benzene rings is 1. The summed E-state index contributed by atoms with van der Waals surface area (Å²) in [5.74, 6) is 0.723. The number of halogens is 3. The molecule has 13 heteroatoms. The predicted octanol–water partition coefficient (Wildman–Crippen LogP) is 3.72. The lowest BCUT2D eigenvalue weighted by Crippen LogP contribution is -2.17. The lowest BCUT2D eigenvalue weighted by Gasteiger charge is -2.10. The third-order valence-electron chi connectivity index (χ3n) is 4.25. The fourth-order valence-corrected chi connectivity index (χ4v) is 3.74. The van der Waals surface area contributed by atoms with Crippen molar-refractivity contribution in [3.63, 3.8) is 0 Å². The van der Waals surface area contributed by atoms with E-state index in [0.717, 1.165) is 12.1 Å². The van der Waals surface area contributed by atoms with Crippen LogP contribution in [0.3, 0.4) is 0 Å². The fourth-order valence-electron chi connectivity index (χ4n) is 2.94. The van der Waals surface area contributed by atoms with Crippen molar-refractivity contribution in [2.75, 3.05) is 17.9 Å². The summed E-state index contributed by atoms with van der Waals surface area (Å²) in [4.78, 5) is 16.4. The van der Waals surface area contributed by atoms with Gasteiger partial charge in [-0.2, -0.15) is 0 Å². The molecule has 0 spiro atoms. The molecular weight excluding hydrogens is 451 g/mol. The molecule has 168 valence electrons. The van der Waals surface area contributed by atoms with E-state index >= 15 is 0 Å². The summed E-state index contributed by atoms with van der Waals surface area (Å²) in [6, 6.07) is 6.63. The first kappa shape index (κ1) is 21.7. The van der Waals surface area contributed by atoms with E-state index in [-0.39, 0.29) is 24.2 Å². The topological polar surface area (TPSA) is 100 Å². The minimum absolute atomic E-state index is 0.0208. The van der Waals surface area contributed by atoms with Gasteiger partial charge in [-0.3, -0.25) is 4.79 Å². The van der Waals surface area contributed by atoms with Crippen molar-refractivity contribution in [3.8, 4) is 28.8 Å². The Morgan fingerprint density at radius 2 is 2.00 bits per heavy atom. The molecular formula is C19H16F3N5O4S. The molecule has 3 aromatic rings. The van der Waals surface area contributed by atoms with Crippen LogP contribution < -0.4 is 19.5 Å². The van der Waals surface area contributed by atoms with Crippen LogP contribution >= 0.6 is 11.8 Å². The van der Waals surface area contributed by atoms with Crippen LogP contribution in [0.1, 0.15) is 6.92 Å². The number of pyridine rings is 1. The summed E-state index contributed by atoms with van der Waals surface area (Å²) in [7, 11) is 0. The van der Waals surface area contributed by atoms with Crippen LogP contribution in [0.15, 0.2) is 41.7 Å². The summed E-state index contributed by atoms with van der Waals surface area (Å²) in [5, 5.41) is 11.5. The van der Waals surface area contributed by atoms with E-state index in [0.29, 0.717) is 40.4 Å². The Kier molecular flexibility index (Phi) is 6.08. The van der Waals surface area contributed by atoms with E-state index in [1.165, 1.54) is 23.9 Å². The Bertz CT molecular complexity index is 1120. The summed E-state index contributed by atoms with van der Waals surface area (Å²) >= 11 is 1.17. The van der Waals surface area contributed by atoms with Gasteiger partial charge in [-0.15, -0.1) is 23.4 Å². The van der Waals surface area contributed by atoms with E-state index < -0.39 is 6.36 Å². The number of nitrogens with one attached hydrogen (secondary N) is 1. The molecule has 4 rings (SSSR count). The fraction of sp³-hybridized carbons (Fsp3) is 0.263. The van der Waals surface area contributed by atoms with Crippen LogP contribution in [0.2, 0.25) is 0 Å². The number of hydrogen-bond acceptors (Lipinski definition) is 8. The summed E-state index contributed by atoms with van der Waals surface area (Å²) in [6.45, 7) is 2.54. The maximum Gasteiger partial charge on any atom is 0.573 e. The molecule has 1 aliphatic heterocycles. The first-order valence-corrected chi connectivity index (χ1v) is 10.3. The number of carbonyl (C=O) groups is 1. The number of hydrogen-bond donors (Lipinski definition) is 1. The zero-order valence-electron chi connectivity index (χ0n) is 16.5. The highest BCUT2D eigenvalue weighted by atomic mass is 32.2. The van der Waals surface area contributed by atoms with Gasteiger partial charge >= 0.3 is 6.36 Å². The molecule has 0 unspecified atom stereocenters. The molecule has 0 bridgehead atoms. The van der Waals surface area contributed by atoms with Gasteiger partial charge in [-0.25, -0.2) is 4.98 Å². The molecule has 0 aliphatic carbocycles. The number of alkyl halides is 3. The van der Waals surface area contributed by atoms with Crippen LogP contribution in [0, 0.1) is 0 Å². The minimum atomic E-state index is -4.77. The third-order valence-corrected chi connectivity index (χ3v) is 5.22. The number of thioether (sulfide) groups is 1. The monoisotopic (exact) mass is 467 g/mol. The highest BCUT2D eigenvalue weighted by Gasteiger charge is 2.31. The van der Waals surface area contributed by atoms with Crippen LogP contribution in [-0.4, -0.2) is 44.6 Å². The van der Waals surface area contributed by atoms with E-state index in [2.05, 4.69) is 25.2 Å². The van der Waals surface area contributed by atoms with Crippen molar-refractivity contribution in [3.05, 3.63) is 36.5 Å². The van der Waals surface area contributed by atoms with Gasteiger partial charge in [0, 0.05) is 18.4 Å². The zero-order valence-corrected chi connectivity index (χ0v) is 17.4. The molecule has 0 saturated heterocycles. The third kappa shape index (κ3) is 4.88. The van der Waals surface area contributed by atoms with Gasteiger partial charge in [0.05, 0.1) is 11.3 Å². The maximum absolute atomic E-state index is 12.3. The Labute approximate surface area is 183 Å². The lowest BCUT2D eigenvalue weighted by molar-refractivity contribution is -0.274. The number of amides is 1. The van der Waals surface area contributed by atoms with Crippen molar-refractivity contribution in [2.24, 2.45) is 0 Å². The molecule has 32 heavy (non-hydrogen) atoms. The van der Waals surface area contributed by atoms with Crippen molar-refractivity contribution in [2.45, 2.75) is 25.0 Å². The van der Waals surface area contributed by atoms with Crippen molar-refractivity contribution in [1.82, 2.24) is 19.7 Å². The average molecular weight is 467 g/mol. The minimum Gasteiger partial charge on any atom is -0.451 e. The second-order valence-electron chi connectivity index (χ2n) is 6.36. The van der Waals surface area contributed by atoms with Crippen molar-refractivity contribution in [1.29, 1.82) is 0 Å². The Morgan fingerprint density at radius 1 is 1.22 bits per heavy atom. The SMILES string of the molecule is CCn1c(SCC(=O)Nc2ccc(OC(F)(F)F)cc2)nnc1-c1ccnc2c1OCO2. The average Bonchev–Trinajstić information content (AvgIpc) is 3.39. The second kappa shape index (κ2) is 8.94. The van der Waals surface area contributed by atoms with Crippen LogP contribution in [0.5, 0.6) is 17.4 Å². The molecule has 0 fully saturated rings. The Balaban J connectivity index is 1.40. The summed E-state index contributed by atoms with van der Waals surface area (Å²) in [5.41, 5.74) is 1.02. The Hall–Kier alpha value is -3.48. The van der Waals surface area contributed by atoms with E-state index in [9.17, 15) is 18.0 Å². The Morgan fingerprint density at radius 3 is 2.72 bits per heavy atom. The number of ether oxygens (including phenoxy) is 3. The maximum atomic E-state index is 12.3. The first-order valence-electron chi connectivity index (χ1n) is 9.30. The van der Waals surface area contributed by atoms with Crippen molar-refractivity contribution >= 4 is 23.4 Å². The quantitative estimate of drug-likeness (QED) is 0.525. The molecule has 3 heterocycles. The van der Waals surface area contributed by atoms with Gasteiger partial charge in [0.1, 0.15) is 5.75 Å². The zero-order chi connectivity index (χ0) is 22.7. The highest BCUT2D eigenvalue weighted by Crippen LogP contribution is 2.39. The van der Waals surface area contributed by atoms with E-state index in [1.54, 1.807) is 12.3 Å². The molecule has 0 atom stereocenters. The normalized spacial score (nSPS) is 12.6. The van der Waals surface area contributed by atoms with E-state index in [4.69, 9.17) is 9.47 Å². The van der Waals surface area contributed by atoms with Crippen LogP contribution in [0.25, 0.3) is 11.4 Å². The standard InChI is InChI=1S/C19H16F3N5O4S/c1-2-27-16(13-7-8-23-17-15(13)29-10-30-17)25-26-18(27)32-9-14(28)24-11-3-5-12(6-4-11)31-19(20,21)22/h3-8H,2,9-10H2,1H3,(H,24,28). The van der Waals surface area contributed by atoms with Gasteiger partial charge < -0.3 is 24.1 Å². The molecule has 1 aliphatic rings. The number of fused-ring (bicyclic) bond motifs is 1. The predicted molar refractivity (Wildman–Crippen MR) is 108 cm³/mol. The molecule has 2 aromatic heterocycles. The first-order chi connectivity index (χ1) is 15.3. The number of nitrogens with zero attached hydrogens (tertiary/aromatic N) is 4.